The van der Waals surface area contributed by atoms with Gasteiger partial charge in [-0.2, -0.15) is 0 Å². The Morgan fingerprint density at radius 3 is 2.00 bits per heavy atom. The van der Waals surface area contributed by atoms with E-state index in [0.717, 1.165) is 0 Å². The molecule has 0 aliphatic carbocycles. The zero-order valence-electron chi connectivity index (χ0n) is 6.74. The van der Waals surface area contributed by atoms with E-state index in [9.17, 15) is 4.79 Å². The van der Waals surface area contributed by atoms with Crippen LogP contribution in [0.5, 0.6) is 0 Å². The Hall–Kier alpha value is -0.650. The standard InChI is InChI=1S/C6H12O4.H3N/c1-6(2,3-7)4(8)5(9)10;/h4,7-8H,3H2,1-2H3,(H,9,10);1H3/t4-;/m1./s1. The molecule has 0 saturated carbocycles. The van der Waals surface area contributed by atoms with E-state index in [1.807, 2.05) is 0 Å². The largest absolute Gasteiger partial charge is 0.479 e. The molecule has 0 fully saturated rings. The van der Waals surface area contributed by atoms with Crippen LogP contribution in [-0.4, -0.2) is 34.0 Å². The van der Waals surface area contributed by atoms with Gasteiger partial charge in [-0.1, -0.05) is 13.8 Å². The molecule has 0 saturated heterocycles. The molecule has 0 spiro atoms. The molecule has 0 bridgehead atoms. The first kappa shape index (κ1) is 13.0. The zero-order valence-corrected chi connectivity index (χ0v) is 6.74. The molecule has 0 aromatic heterocycles. The fourth-order valence-electron chi connectivity index (χ4n) is 0.421. The van der Waals surface area contributed by atoms with Gasteiger partial charge in [0.1, 0.15) is 0 Å². The Morgan fingerprint density at radius 1 is 1.55 bits per heavy atom. The minimum absolute atomic E-state index is 0. The third-order valence-corrected chi connectivity index (χ3v) is 1.38. The number of hydrogen-bond acceptors (Lipinski definition) is 4. The molecular formula is C6H15NO4. The number of aliphatic hydroxyl groups excluding tert-OH is 2. The molecule has 0 aliphatic rings. The summed E-state index contributed by atoms with van der Waals surface area (Å²) in [6.45, 7) is 2.61. The molecule has 0 aromatic rings. The molecule has 0 rings (SSSR count). The van der Waals surface area contributed by atoms with Crippen molar-refractivity contribution in [1.82, 2.24) is 6.15 Å². The van der Waals surface area contributed by atoms with Crippen molar-refractivity contribution in [3.8, 4) is 0 Å². The van der Waals surface area contributed by atoms with Crippen LogP contribution in [0.25, 0.3) is 0 Å². The Balaban J connectivity index is 0. The average Bonchev–Trinajstić information content (AvgIpc) is 1.86. The highest BCUT2D eigenvalue weighted by atomic mass is 16.4. The summed E-state index contributed by atoms with van der Waals surface area (Å²) in [6.07, 6.45) is -1.50. The lowest BCUT2D eigenvalue weighted by Gasteiger charge is -2.24. The van der Waals surface area contributed by atoms with Crippen molar-refractivity contribution in [1.29, 1.82) is 0 Å². The lowest BCUT2D eigenvalue weighted by Crippen LogP contribution is -2.38. The number of rotatable bonds is 3. The molecule has 68 valence electrons. The zero-order chi connectivity index (χ0) is 8.36. The molecule has 11 heavy (non-hydrogen) atoms. The van der Waals surface area contributed by atoms with Gasteiger partial charge in [-0.15, -0.1) is 0 Å². The topological polar surface area (TPSA) is 113 Å². The highest BCUT2D eigenvalue weighted by molar-refractivity contribution is 5.72. The van der Waals surface area contributed by atoms with Crippen LogP contribution in [0.1, 0.15) is 13.8 Å². The smallest absolute Gasteiger partial charge is 0.333 e. The van der Waals surface area contributed by atoms with Gasteiger partial charge in [-0.3, -0.25) is 0 Å². The molecule has 0 heterocycles. The van der Waals surface area contributed by atoms with Crippen LogP contribution in [0.4, 0.5) is 0 Å². The lowest BCUT2D eigenvalue weighted by molar-refractivity contribution is -0.154. The monoisotopic (exact) mass is 165 g/mol. The van der Waals surface area contributed by atoms with Crippen molar-refractivity contribution in [3.05, 3.63) is 0 Å². The van der Waals surface area contributed by atoms with Gasteiger partial charge < -0.3 is 21.5 Å². The second-order valence-corrected chi connectivity index (χ2v) is 2.89. The van der Waals surface area contributed by atoms with Gasteiger partial charge >= 0.3 is 5.97 Å². The number of aliphatic carboxylic acids is 1. The third-order valence-electron chi connectivity index (χ3n) is 1.38. The van der Waals surface area contributed by atoms with Crippen LogP contribution in [0.2, 0.25) is 0 Å². The Bertz CT molecular complexity index is 135. The van der Waals surface area contributed by atoms with Gasteiger partial charge in [-0.05, 0) is 0 Å². The Morgan fingerprint density at radius 2 is 1.91 bits per heavy atom. The maximum Gasteiger partial charge on any atom is 0.333 e. The second-order valence-electron chi connectivity index (χ2n) is 2.89. The van der Waals surface area contributed by atoms with Gasteiger partial charge in [0.25, 0.3) is 0 Å². The predicted molar refractivity (Wildman–Crippen MR) is 39.5 cm³/mol. The van der Waals surface area contributed by atoms with Crippen molar-refractivity contribution in [2.75, 3.05) is 6.61 Å². The van der Waals surface area contributed by atoms with E-state index in [0.29, 0.717) is 0 Å². The highest BCUT2D eigenvalue weighted by Crippen LogP contribution is 2.19. The second kappa shape index (κ2) is 4.27. The summed E-state index contributed by atoms with van der Waals surface area (Å²) in [4.78, 5) is 10.1. The highest BCUT2D eigenvalue weighted by Gasteiger charge is 2.32. The van der Waals surface area contributed by atoms with Gasteiger partial charge in [0, 0.05) is 5.41 Å². The lowest BCUT2D eigenvalue weighted by atomic mass is 9.88. The minimum atomic E-state index is -1.50. The van der Waals surface area contributed by atoms with E-state index in [2.05, 4.69) is 0 Å². The fraction of sp³-hybridized carbons (Fsp3) is 0.833. The van der Waals surface area contributed by atoms with Crippen molar-refractivity contribution in [2.24, 2.45) is 5.41 Å². The number of carboxylic acid groups (broad SMARTS) is 1. The summed E-state index contributed by atoms with van der Waals surface area (Å²) in [5.74, 6) is -1.31. The number of carbonyl (C=O) groups is 1. The SMILES string of the molecule is CC(C)(CO)[C@H](O)C(=O)O.N. The molecular weight excluding hydrogens is 150 g/mol. The van der Waals surface area contributed by atoms with Crippen LogP contribution in [0.15, 0.2) is 0 Å². The third kappa shape index (κ3) is 3.31. The summed E-state index contributed by atoms with van der Waals surface area (Å²) < 4.78 is 0. The van der Waals surface area contributed by atoms with E-state index in [1.165, 1.54) is 13.8 Å². The maximum absolute atomic E-state index is 10.1. The first-order valence-corrected chi connectivity index (χ1v) is 2.93. The molecule has 0 radical (unpaired) electrons. The molecule has 6 N–H and O–H groups in total. The first-order chi connectivity index (χ1) is 4.41. The van der Waals surface area contributed by atoms with Crippen molar-refractivity contribution in [2.45, 2.75) is 20.0 Å². The Kier molecular flexibility index (Phi) is 5.04. The molecule has 0 amide bonds. The van der Waals surface area contributed by atoms with E-state index >= 15 is 0 Å². The summed E-state index contributed by atoms with van der Waals surface area (Å²) in [5.41, 5.74) is -0.966. The van der Waals surface area contributed by atoms with E-state index in [-0.39, 0.29) is 12.8 Å². The van der Waals surface area contributed by atoms with Crippen LogP contribution in [0.3, 0.4) is 0 Å². The summed E-state index contributed by atoms with van der Waals surface area (Å²) in [5, 5.41) is 25.8. The molecule has 1 atom stereocenters. The number of hydrogen-bond donors (Lipinski definition) is 4. The van der Waals surface area contributed by atoms with Crippen molar-refractivity contribution >= 4 is 5.97 Å². The van der Waals surface area contributed by atoms with Crippen molar-refractivity contribution in [3.63, 3.8) is 0 Å². The van der Waals surface area contributed by atoms with Crippen LogP contribution < -0.4 is 6.15 Å². The minimum Gasteiger partial charge on any atom is -0.479 e. The van der Waals surface area contributed by atoms with Gasteiger partial charge in [0.2, 0.25) is 0 Å². The van der Waals surface area contributed by atoms with E-state index in [1.54, 1.807) is 0 Å². The predicted octanol–water partition coefficient (Wildman–Crippen LogP) is -0.388. The number of carboxylic acids is 1. The van der Waals surface area contributed by atoms with Gasteiger partial charge in [0.05, 0.1) is 6.61 Å². The molecule has 5 nitrogen and oxygen atoms in total. The molecule has 0 aromatic carbocycles. The molecule has 5 heteroatoms. The average molecular weight is 165 g/mol. The summed E-state index contributed by atoms with van der Waals surface area (Å²) >= 11 is 0. The summed E-state index contributed by atoms with van der Waals surface area (Å²) in [6, 6.07) is 0. The quantitative estimate of drug-likeness (QED) is 0.455. The first-order valence-electron chi connectivity index (χ1n) is 2.93. The number of aliphatic hydroxyl groups is 2. The van der Waals surface area contributed by atoms with Crippen molar-refractivity contribution < 1.29 is 20.1 Å². The van der Waals surface area contributed by atoms with Gasteiger partial charge in [0.15, 0.2) is 6.10 Å². The van der Waals surface area contributed by atoms with Gasteiger partial charge in [-0.25, -0.2) is 4.79 Å². The van der Waals surface area contributed by atoms with Crippen LogP contribution in [-0.2, 0) is 4.79 Å². The van der Waals surface area contributed by atoms with Crippen LogP contribution >= 0.6 is 0 Å². The molecule has 0 unspecified atom stereocenters. The fourth-order valence-corrected chi connectivity index (χ4v) is 0.421. The Labute approximate surface area is 65.2 Å². The summed E-state index contributed by atoms with van der Waals surface area (Å²) in [7, 11) is 0. The normalized spacial score (nSPS) is 13.5. The van der Waals surface area contributed by atoms with Crippen LogP contribution in [0, 0.1) is 5.41 Å². The maximum atomic E-state index is 10.1. The van der Waals surface area contributed by atoms with E-state index < -0.39 is 17.5 Å². The van der Waals surface area contributed by atoms with E-state index in [4.69, 9.17) is 15.3 Å². The molecule has 0 aliphatic heterocycles.